The van der Waals surface area contributed by atoms with Gasteiger partial charge in [0.05, 0.1) is 6.10 Å². The number of carbonyl (C=O) groups is 1. The molecule has 2 fully saturated rings. The summed E-state index contributed by atoms with van der Waals surface area (Å²) in [5, 5.41) is 4.10. The largest absolute Gasteiger partial charge is 0.365 e. The SMILES string of the molecule is CCc1nc([C@@H]2CCCN(C(=O)[C@H](C)O[C@@H]3CCC[C@@H](C)C3)C2)no1. The number of nitrogens with zero attached hydrogens (tertiary/aromatic N) is 3. The van der Waals surface area contributed by atoms with Crippen molar-refractivity contribution in [1.82, 2.24) is 15.0 Å². The van der Waals surface area contributed by atoms with Crippen LogP contribution in [0.1, 0.15) is 76.9 Å². The van der Waals surface area contributed by atoms with Gasteiger partial charge in [-0.3, -0.25) is 4.79 Å². The molecule has 0 aromatic carbocycles. The lowest BCUT2D eigenvalue weighted by Crippen LogP contribution is -2.45. The summed E-state index contributed by atoms with van der Waals surface area (Å²) < 4.78 is 11.3. The van der Waals surface area contributed by atoms with Gasteiger partial charge in [0.2, 0.25) is 5.89 Å². The third-order valence-corrected chi connectivity index (χ3v) is 5.52. The lowest BCUT2D eigenvalue weighted by Gasteiger charge is -2.35. The third-order valence-electron chi connectivity index (χ3n) is 5.52. The van der Waals surface area contributed by atoms with E-state index in [1.807, 2.05) is 18.7 Å². The fourth-order valence-corrected chi connectivity index (χ4v) is 4.07. The molecule has 2 heterocycles. The predicted molar refractivity (Wildman–Crippen MR) is 94.2 cm³/mol. The molecule has 1 aromatic rings. The van der Waals surface area contributed by atoms with Crippen molar-refractivity contribution in [1.29, 1.82) is 0 Å². The molecular formula is C19H31N3O3. The van der Waals surface area contributed by atoms with Crippen molar-refractivity contribution in [2.75, 3.05) is 13.1 Å². The summed E-state index contributed by atoms with van der Waals surface area (Å²) in [5.74, 6) is 2.38. The quantitative estimate of drug-likeness (QED) is 0.815. The van der Waals surface area contributed by atoms with E-state index in [4.69, 9.17) is 9.26 Å². The van der Waals surface area contributed by atoms with Crippen molar-refractivity contribution in [3.8, 4) is 0 Å². The topological polar surface area (TPSA) is 68.5 Å². The molecule has 0 N–H and O–H groups in total. The van der Waals surface area contributed by atoms with Gasteiger partial charge in [0, 0.05) is 25.4 Å². The molecular weight excluding hydrogens is 318 g/mol. The zero-order valence-corrected chi connectivity index (χ0v) is 15.7. The number of hydrogen-bond donors (Lipinski definition) is 0. The Kier molecular flexibility index (Phi) is 6.10. The monoisotopic (exact) mass is 349 g/mol. The molecule has 3 rings (SSSR count). The van der Waals surface area contributed by atoms with E-state index >= 15 is 0 Å². The summed E-state index contributed by atoms with van der Waals surface area (Å²) in [4.78, 5) is 19.2. The number of amides is 1. The van der Waals surface area contributed by atoms with Gasteiger partial charge >= 0.3 is 0 Å². The highest BCUT2D eigenvalue weighted by Gasteiger charge is 2.32. The van der Waals surface area contributed by atoms with Crippen LogP contribution in [-0.4, -0.2) is 46.2 Å². The highest BCUT2D eigenvalue weighted by molar-refractivity contribution is 5.80. The second-order valence-corrected chi connectivity index (χ2v) is 7.70. The number of rotatable bonds is 5. The second-order valence-electron chi connectivity index (χ2n) is 7.70. The Labute approximate surface area is 150 Å². The molecule has 25 heavy (non-hydrogen) atoms. The maximum absolute atomic E-state index is 12.8. The summed E-state index contributed by atoms with van der Waals surface area (Å²) in [7, 11) is 0. The Morgan fingerprint density at radius 2 is 2.20 bits per heavy atom. The van der Waals surface area contributed by atoms with Crippen molar-refractivity contribution in [2.45, 2.75) is 83.8 Å². The molecule has 140 valence electrons. The van der Waals surface area contributed by atoms with Crippen LogP contribution in [0.4, 0.5) is 0 Å². The Bertz CT molecular complexity index is 574. The summed E-state index contributed by atoms with van der Waals surface area (Å²) in [6, 6.07) is 0. The first kappa shape index (κ1) is 18.4. The number of aryl methyl sites for hydroxylation is 1. The van der Waals surface area contributed by atoms with E-state index in [9.17, 15) is 4.79 Å². The van der Waals surface area contributed by atoms with Crippen molar-refractivity contribution in [3.05, 3.63) is 11.7 Å². The lowest BCUT2D eigenvalue weighted by molar-refractivity contribution is -0.149. The molecule has 1 saturated heterocycles. The summed E-state index contributed by atoms with van der Waals surface area (Å²) >= 11 is 0. The zero-order valence-electron chi connectivity index (χ0n) is 15.7. The first-order valence-corrected chi connectivity index (χ1v) is 9.83. The van der Waals surface area contributed by atoms with Crippen LogP contribution in [0.3, 0.4) is 0 Å². The van der Waals surface area contributed by atoms with Crippen molar-refractivity contribution in [2.24, 2.45) is 5.92 Å². The highest BCUT2D eigenvalue weighted by atomic mass is 16.5. The minimum Gasteiger partial charge on any atom is -0.365 e. The summed E-state index contributed by atoms with van der Waals surface area (Å²) in [6.45, 7) is 7.62. The standard InChI is InChI=1S/C19H31N3O3/c1-4-17-20-18(21-25-17)15-8-6-10-22(12-15)19(23)14(3)24-16-9-5-7-13(2)11-16/h13-16H,4-12H2,1-3H3/t13-,14+,15-,16-/m1/s1. The average Bonchev–Trinajstić information content (AvgIpc) is 3.10. The minimum absolute atomic E-state index is 0.0992. The lowest BCUT2D eigenvalue weighted by atomic mass is 9.88. The van der Waals surface area contributed by atoms with E-state index in [1.165, 1.54) is 12.8 Å². The molecule has 6 nitrogen and oxygen atoms in total. The molecule has 0 unspecified atom stereocenters. The van der Waals surface area contributed by atoms with Crippen LogP contribution in [0, 0.1) is 5.92 Å². The minimum atomic E-state index is -0.370. The van der Waals surface area contributed by atoms with Crippen LogP contribution < -0.4 is 0 Å². The van der Waals surface area contributed by atoms with Crippen LogP contribution in [0.15, 0.2) is 4.52 Å². The molecule has 1 aliphatic carbocycles. The summed E-state index contributed by atoms with van der Waals surface area (Å²) in [6.07, 6.45) is 7.21. The number of ether oxygens (including phenoxy) is 1. The molecule has 6 heteroatoms. The molecule has 4 atom stereocenters. The third kappa shape index (κ3) is 4.60. The molecule has 1 amide bonds. The number of hydrogen-bond acceptors (Lipinski definition) is 5. The van der Waals surface area contributed by atoms with Gasteiger partial charge in [-0.15, -0.1) is 0 Å². The molecule has 0 bridgehead atoms. The van der Waals surface area contributed by atoms with E-state index in [-0.39, 0.29) is 24.0 Å². The zero-order chi connectivity index (χ0) is 17.8. The number of carbonyl (C=O) groups excluding carboxylic acids is 1. The van der Waals surface area contributed by atoms with Gasteiger partial charge in [0.1, 0.15) is 6.10 Å². The van der Waals surface area contributed by atoms with Gasteiger partial charge < -0.3 is 14.2 Å². The van der Waals surface area contributed by atoms with Gasteiger partial charge in [0.15, 0.2) is 5.82 Å². The molecule has 1 aliphatic heterocycles. The number of piperidine rings is 1. The van der Waals surface area contributed by atoms with Gasteiger partial charge in [-0.1, -0.05) is 31.8 Å². The van der Waals surface area contributed by atoms with Crippen LogP contribution in [-0.2, 0) is 16.0 Å². The highest BCUT2D eigenvalue weighted by Crippen LogP contribution is 2.28. The van der Waals surface area contributed by atoms with E-state index in [1.54, 1.807) is 0 Å². The fourth-order valence-electron chi connectivity index (χ4n) is 4.07. The van der Waals surface area contributed by atoms with Gasteiger partial charge in [-0.25, -0.2) is 0 Å². The van der Waals surface area contributed by atoms with Crippen LogP contribution in [0.2, 0.25) is 0 Å². The Morgan fingerprint density at radius 3 is 2.92 bits per heavy atom. The molecule has 0 radical (unpaired) electrons. The smallest absolute Gasteiger partial charge is 0.251 e. The maximum Gasteiger partial charge on any atom is 0.251 e. The first-order chi connectivity index (χ1) is 12.1. The van der Waals surface area contributed by atoms with Crippen molar-refractivity contribution in [3.63, 3.8) is 0 Å². The van der Waals surface area contributed by atoms with E-state index < -0.39 is 0 Å². The van der Waals surface area contributed by atoms with Crippen molar-refractivity contribution < 1.29 is 14.1 Å². The molecule has 1 saturated carbocycles. The predicted octanol–water partition coefficient (Wildman–Crippen LogP) is 3.32. The van der Waals surface area contributed by atoms with E-state index in [0.29, 0.717) is 18.4 Å². The normalized spacial score (nSPS) is 28.8. The Hall–Kier alpha value is -1.43. The van der Waals surface area contributed by atoms with E-state index in [2.05, 4.69) is 17.1 Å². The van der Waals surface area contributed by atoms with Crippen LogP contribution in [0.25, 0.3) is 0 Å². The molecule has 0 spiro atoms. The number of likely N-dealkylation sites (tertiary alicyclic amines) is 1. The second kappa shape index (κ2) is 8.30. The Balaban J connectivity index is 1.55. The Morgan fingerprint density at radius 1 is 1.36 bits per heavy atom. The van der Waals surface area contributed by atoms with Gasteiger partial charge in [-0.2, -0.15) is 4.98 Å². The van der Waals surface area contributed by atoms with E-state index in [0.717, 1.165) is 44.5 Å². The fraction of sp³-hybridized carbons (Fsp3) is 0.842. The van der Waals surface area contributed by atoms with Gasteiger partial charge in [0.25, 0.3) is 5.91 Å². The molecule has 1 aromatic heterocycles. The first-order valence-electron chi connectivity index (χ1n) is 9.83. The van der Waals surface area contributed by atoms with Crippen LogP contribution in [0.5, 0.6) is 0 Å². The van der Waals surface area contributed by atoms with Gasteiger partial charge in [-0.05, 0) is 38.5 Å². The molecule has 2 aliphatic rings. The summed E-state index contributed by atoms with van der Waals surface area (Å²) in [5.41, 5.74) is 0. The van der Waals surface area contributed by atoms with Crippen LogP contribution >= 0.6 is 0 Å². The maximum atomic E-state index is 12.8. The van der Waals surface area contributed by atoms with Crippen molar-refractivity contribution >= 4 is 5.91 Å². The average molecular weight is 349 g/mol. The number of aromatic nitrogens is 2.